The SMILES string of the molecule is CC1C(C)C1N(CC(=O)O)C(=O)OC(C)(C)C. The Morgan fingerprint density at radius 2 is 1.71 bits per heavy atom. The van der Waals surface area contributed by atoms with E-state index in [0.717, 1.165) is 0 Å². The third-order valence-electron chi connectivity index (χ3n) is 3.06. The summed E-state index contributed by atoms with van der Waals surface area (Å²) in [6.45, 7) is 9.02. The molecule has 1 aliphatic rings. The third-order valence-corrected chi connectivity index (χ3v) is 3.06. The maximum absolute atomic E-state index is 11.9. The van der Waals surface area contributed by atoms with E-state index >= 15 is 0 Å². The predicted molar refractivity (Wildman–Crippen MR) is 62.7 cm³/mol. The summed E-state index contributed by atoms with van der Waals surface area (Å²) in [5, 5.41) is 8.83. The zero-order valence-corrected chi connectivity index (χ0v) is 11.1. The highest BCUT2D eigenvalue weighted by atomic mass is 16.6. The van der Waals surface area contributed by atoms with Crippen molar-refractivity contribution in [3.05, 3.63) is 0 Å². The molecule has 5 nitrogen and oxygen atoms in total. The molecular weight excluding hydrogens is 222 g/mol. The van der Waals surface area contributed by atoms with Gasteiger partial charge in [-0.1, -0.05) is 13.8 Å². The van der Waals surface area contributed by atoms with E-state index < -0.39 is 17.7 Å². The number of carbonyl (C=O) groups is 2. The number of amides is 1. The molecule has 0 saturated heterocycles. The lowest BCUT2D eigenvalue weighted by molar-refractivity contribution is -0.138. The van der Waals surface area contributed by atoms with Crippen molar-refractivity contribution in [1.82, 2.24) is 4.90 Å². The van der Waals surface area contributed by atoms with Crippen molar-refractivity contribution in [3.63, 3.8) is 0 Å². The highest BCUT2D eigenvalue weighted by molar-refractivity contribution is 5.77. The van der Waals surface area contributed by atoms with Crippen molar-refractivity contribution in [1.29, 1.82) is 0 Å². The number of aliphatic carboxylic acids is 1. The standard InChI is InChI=1S/C12H21NO4/c1-7-8(2)10(7)13(6-9(14)15)11(16)17-12(3,4)5/h7-8,10H,6H2,1-5H3,(H,14,15). The van der Waals surface area contributed by atoms with Crippen LogP contribution in [0.3, 0.4) is 0 Å². The van der Waals surface area contributed by atoms with Gasteiger partial charge in [0.1, 0.15) is 12.1 Å². The molecule has 1 fully saturated rings. The quantitative estimate of drug-likeness (QED) is 0.822. The van der Waals surface area contributed by atoms with Crippen LogP contribution in [0.25, 0.3) is 0 Å². The van der Waals surface area contributed by atoms with Crippen molar-refractivity contribution < 1.29 is 19.4 Å². The monoisotopic (exact) mass is 243 g/mol. The molecule has 0 aromatic carbocycles. The fourth-order valence-corrected chi connectivity index (χ4v) is 1.96. The average Bonchev–Trinajstić information content (AvgIpc) is 2.67. The molecule has 1 saturated carbocycles. The van der Waals surface area contributed by atoms with Crippen LogP contribution in [0, 0.1) is 11.8 Å². The van der Waals surface area contributed by atoms with Gasteiger partial charge in [-0.25, -0.2) is 4.79 Å². The molecule has 0 heterocycles. The number of nitrogens with zero attached hydrogens (tertiary/aromatic N) is 1. The molecule has 98 valence electrons. The Morgan fingerprint density at radius 3 is 2.00 bits per heavy atom. The Balaban J connectivity index is 2.70. The van der Waals surface area contributed by atoms with E-state index in [-0.39, 0.29) is 12.6 Å². The minimum atomic E-state index is -1.01. The highest BCUT2D eigenvalue weighted by Crippen LogP contribution is 2.42. The number of carboxylic acid groups (broad SMARTS) is 1. The van der Waals surface area contributed by atoms with Crippen LogP contribution < -0.4 is 0 Å². The molecule has 1 aliphatic carbocycles. The van der Waals surface area contributed by atoms with Crippen LogP contribution in [-0.4, -0.2) is 40.3 Å². The third kappa shape index (κ3) is 3.61. The van der Waals surface area contributed by atoms with Crippen molar-refractivity contribution >= 4 is 12.1 Å². The predicted octanol–water partition coefficient (Wildman–Crippen LogP) is 1.96. The lowest BCUT2D eigenvalue weighted by Crippen LogP contribution is -2.42. The molecular formula is C12H21NO4. The van der Waals surface area contributed by atoms with E-state index in [1.54, 1.807) is 20.8 Å². The Hall–Kier alpha value is -1.26. The number of hydrogen-bond acceptors (Lipinski definition) is 3. The second-order valence-electron chi connectivity index (χ2n) is 5.71. The van der Waals surface area contributed by atoms with E-state index in [1.165, 1.54) is 4.90 Å². The highest BCUT2D eigenvalue weighted by Gasteiger charge is 2.50. The molecule has 0 aliphatic heterocycles. The van der Waals surface area contributed by atoms with Crippen LogP contribution in [0.4, 0.5) is 4.79 Å². The fraction of sp³-hybridized carbons (Fsp3) is 0.833. The van der Waals surface area contributed by atoms with Crippen molar-refractivity contribution in [2.45, 2.75) is 46.3 Å². The summed E-state index contributed by atoms with van der Waals surface area (Å²) in [6.07, 6.45) is -0.541. The van der Waals surface area contributed by atoms with Crippen LogP contribution in [0.1, 0.15) is 34.6 Å². The van der Waals surface area contributed by atoms with Gasteiger partial charge in [0.05, 0.1) is 0 Å². The van der Waals surface area contributed by atoms with Crippen LogP contribution in [0.15, 0.2) is 0 Å². The van der Waals surface area contributed by atoms with Gasteiger partial charge >= 0.3 is 12.1 Å². The second kappa shape index (κ2) is 4.55. The molecule has 0 aromatic heterocycles. The van der Waals surface area contributed by atoms with Gasteiger partial charge in [0.15, 0.2) is 0 Å². The van der Waals surface area contributed by atoms with Gasteiger partial charge in [-0.05, 0) is 32.6 Å². The van der Waals surface area contributed by atoms with Gasteiger partial charge < -0.3 is 9.84 Å². The summed E-state index contributed by atoms with van der Waals surface area (Å²) in [7, 11) is 0. The maximum atomic E-state index is 11.9. The first-order chi connectivity index (χ1) is 7.63. The number of rotatable bonds is 3. The van der Waals surface area contributed by atoms with Gasteiger partial charge in [0, 0.05) is 6.04 Å². The maximum Gasteiger partial charge on any atom is 0.411 e. The Bertz CT molecular complexity index is 313. The van der Waals surface area contributed by atoms with E-state index in [0.29, 0.717) is 11.8 Å². The molecule has 0 bridgehead atoms. The van der Waals surface area contributed by atoms with Crippen molar-refractivity contribution in [2.24, 2.45) is 11.8 Å². The Labute approximate surface area is 102 Å². The number of carboxylic acids is 1. The summed E-state index contributed by atoms with van der Waals surface area (Å²) in [5.41, 5.74) is -0.602. The van der Waals surface area contributed by atoms with Crippen LogP contribution >= 0.6 is 0 Å². The zero-order valence-electron chi connectivity index (χ0n) is 11.1. The summed E-state index contributed by atoms with van der Waals surface area (Å²) in [6, 6.07) is -0.0130. The molecule has 1 rings (SSSR count). The van der Waals surface area contributed by atoms with Gasteiger partial charge in [0.2, 0.25) is 0 Å². The number of hydrogen-bond donors (Lipinski definition) is 1. The van der Waals surface area contributed by atoms with E-state index in [2.05, 4.69) is 0 Å². The van der Waals surface area contributed by atoms with Crippen LogP contribution in [0.2, 0.25) is 0 Å². The lowest BCUT2D eigenvalue weighted by Gasteiger charge is -2.26. The van der Waals surface area contributed by atoms with Crippen molar-refractivity contribution in [3.8, 4) is 0 Å². The lowest BCUT2D eigenvalue weighted by atomic mass is 10.2. The first kappa shape index (κ1) is 13.8. The first-order valence-corrected chi connectivity index (χ1v) is 5.85. The van der Waals surface area contributed by atoms with E-state index in [1.807, 2.05) is 13.8 Å². The van der Waals surface area contributed by atoms with Crippen LogP contribution in [0.5, 0.6) is 0 Å². The summed E-state index contributed by atoms with van der Waals surface area (Å²) in [5.74, 6) is -0.342. The topological polar surface area (TPSA) is 66.8 Å². The summed E-state index contributed by atoms with van der Waals surface area (Å²) < 4.78 is 5.22. The van der Waals surface area contributed by atoms with E-state index in [4.69, 9.17) is 9.84 Å². The second-order valence-corrected chi connectivity index (χ2v) is 5.71. The Kier molecular flexibility index (Phi) is 3.69. The van der Waals surface area contributed by atoms with Crippen LogP contribution in [-0.2, 0) is 9.53 Å². The molecule has 2 atom stereocenters. The fourth-order valence-electron chi connectivity index (χ4n) is 1.96. The summed E-state index contributed by atoms with van der Waals surface area (Å²) >= 11 is 0. The normalized spacial score (nSPS) is 27.5. The molecule has 17 heavy (non-hydrogen) atoms. The number of ether oxygens (including phenoxy) is 1. The molecule has 5 heteroatoms. The molecule has 1 amide bonds. The molecule has 0 radical (unpaired) electrons. The summed E-state index contributed by atoms with van der Waals surface area (Å²) in [4.78, 5) is 24.0. The van der Waals surface area contributed by atoms with Gasteiger partial charge in [-0.3, -0.25) is 9.69 Å². The first-order valence-electron chi connectivity index (χ1n) is 5.85. The Morgan fingerprint density at radius 1 is 1.24 bits per heavy atom. The van der Waals surface area contributed by atoms with Gasteiger partial charge in [0.25, 0.3) is 0 Å². The molecule has 0 aromatic rings. The van der Waals surface area contributed by atoms with E-state index in [9.17, 15) is 9.59 Å². The molecule has 2 unspecified atom stereocenters. The van der Waals surface area contributed by atoms with Crippen molar-refractivity contribution in [2.75, 3.05) is 6.54 Å². The zero-order chi connectivity index (χ0) is 13.4. The minimum Gasteiger partial charge on any atom is -0.480 e. The van der Waals surface area contributed by atoms with Gasteiger partial charge in [-0.15, -0.1) is 0 Å². The average molecular weight is 243 g/mol. The molecule has 0 spiro atoms. The largest absolute Gasteiger partial charge is 0.480 e. The molecule has 1 N–H and O–H groups in total. The smallest absolute Gasteiger partial charge is 0.411 e. The van der Waals surface area contributed by atoms with Gasteiger partial charge in [-0.2, -0.15) is 0 Å². The number of carbonyl (C=O) groups excluding carboxylic acids is 1. The minimum absolute atomic E-state index is 0.0130.